The minimum atomic E-state index is -0.298. The number of rotatable bonds is 8. The predicted molar refractivity (Wildman–Crippen MR) is 69.3 cm³/mol. The number of para-hydroxylation sites is 1. The van der Waals surface area contributed by atoms with Crippen molar-refractivity contribution in [2.75, 3.05) is 20.3 Å². The highest BCUT2D eigenvalue weighted by Gasteiger charge is 2.03. The van der Waals surface area contributed by atoms with E-state index in [4.69, 9.17) is 9.57 Å². The Kier molecular flexibility index (Phi) is 7.04. The summed E-state index contributed by atoms with van der Waals surface area (Å²) in [5.74, 6) is 0.201. The largest absolute Gasteiger partial charge is 0.494 e. The molecule has 0 radical (unpaired) electrons. The third kappa shape index (κ3) is 7.05. The molecule has 1 aromatic rings. The van der Waals surface area contributed by atoms with Gasteiger partial charge in [-0.25, -0.2) is 5.48 Å². The van der Waals surface area contributed by atoms with Gasteiger partial charge in [-0.1, -0.05) is 18.2 Å². The second-order valence-corrected chi connectivity index (χ2v) is 3.75. The molecule has 1 aromatic carbocycles. The summed E-state index contributed by atoms with van der Waals surface area (Å²) in [6.45, 7) is 0.260. The molecule has 2 amide bonds. The number of amides is 2. The van der Waals surface area contributed by atoms with Crippen LogP contribution in [0, 0.1) is 0 Å². The number of ether oxygens (including phenoxy) is 1. The molecule has 0 atom stereocenters. The van der Waals surface area contributed by atoms with Gasteiger partial charge in [-0.3, -0.25) is 14.4 Å². The van der Waals surface area contributed by atoms with Gasteiger partial charge in [0.25, 0.3) is 0 Å². The summed E-state index contributed by atoms with van der Waals surface area (Å²) in [6, 6.07) is 9.38. The quantitative estimate of drug-likeness (QED) is 0.535. The van der Waals surface area contributed by atoms with Crippen LogP contribution < -0.4 is 15.5 Å². The summed E-state index contributed by atoms with van der Waals surface area (Å²) in [6.07, 6.45) is 0.852. The number of benzene rings is 1. The lowest BCUT2D eigenvalue weighted by atomic mass is 10.3. The summed E-state index contributed by atoms with van der Waals surface area (Å²) in [7, 11) is 1.49. The Labute approximate surface area is 112 Å². The van der Waals surface area contributed by atoms with Crippen LogP contribution in [-0.2, 0) is 14.4 Å². The summed E-state index contributed by atoms with van der Waals surface area (Å²) in [5.41, 5.74) is 2.19. The topological polar surface area (TPSA) is 76.7 Å². The van der Waals surface area contributed by atoms with Crippen LogP contribution >= 0.6 is 0 Å². The van der Waals surface area contributed by atoms with E-state index >= 15 is 0 Å². The van der Waals surface area contributed by atoms with E-state index < -0.39 is 0 Å². The van der Waals surface area contributed by atoms with E-state index in [0.717, 1.165) is 5.75 Å². The van der Waals surface area contributed by atoms with Gasteiger partial charge in [-0.15, -0.1) is 0 Å². The lowest BCUT2D eigenvalue weighted by Crippen LogP contribution is -2.31. The zero-order chi connectivity index (χ0) is 13.9. The minimum Gasteiger partial charge on any atom is -0.494 e. The minimum absolute atomic E-state index is 0.192. The van der Waals surface area contributed by atoms with E-state index in [-0.39, 0.29) is 24.8 Å². The first-order valence-corrected chi connectivity index (χ1v) is 6.01. The zero-order valence-corrected chi connectivity index (χ0v) is 10.8. The van der Waals surface area contributed by atoms with E-state index in [9.17, 15) is 9.59 Å². The molecule has 0 saturated heterocycles. The summed E-state index contributed by atoms with van der Waals surface area (Å²) in [5, 5.41) is 2.37. The van der Waals surface area contributed by atoms with Gasteiger partial charge in [-0.2, -0.15) is 0 Å². The fraction of sp³-hybridized carbons (Fsp3) is 0.385. The predicted octanol–water partition coefficient (Wildman–Crippen LogP) is 0.639. The van der Waals surface area contributed by atoms with Crippen molar-refractivity contribution in [1.29, 1.82) is 0 Å². The molecule has 0 saturated carbocycles. The lowest BCUT2D eigenvalue weighted by molar-refractivity contribution is -0.139. The number of hydrogen-bond acceptors (Lipinski definition) is 4. The van der Waals surface area contributed by atoms with Crippen molar-refractivity contribution in [3.63, 3.8) is 0 Å². The van der Waals surface area contributed by atoms with Crippen LogP contribution in [0.4, 0.5) is 0 Å². The Morgan fingerprint density at radius 3 is 2.58 bits per heavy atom. The van der Waals surface area contributed by atoms with Crippen LogP contribution in [0.5, 0.6) is 5.75 Å². The summed E-state index contributed by atoms with van der Waals surface area (Å²) >= 11 is 0. The molecule has 19 heavy (non-hydrogen) atoms. The average molecular weight is 266 g/mol. The van der Waals surface area contributed by atoms with Crippen LogP contribution in [0.2, 0.25) is 0 Å². The molecule has 1 rings (SSSR count). The molecule has 0 bridgehead atoms. The van der Waals surface area contributed by atoms with Crippen molar-refractivity contribution in [3.8, 4) is 5.75 Å². The van der Waals surface area contributed by atoms with E-state index in [1.807, 2.05) is 30.3 Å². The Morgan fingerprint density at radius 2 is 1.89 bits per heavy atom. The van der Waals surface area contributed by atoms with Crippen molar-refractivity contribution >= 4 is 11.8 Å². The zero-order valence-electron chi connectivity index (χ0n) is 10.8. The number of carbonyl (C=O) groups is 2. The molecule has 104 valence electrons. The lowest BCUT2D eigenvalue weighted by Gasteiger charge is -2.06. The van der Waals surface area contributed by atoms with E-state index in [2.05, 4.69) is 10.8 Å². The molecule has 6 nitrogen and oxygen atoms in total. The van der Waals surface area contributed by atoms with Gasteiger partial charge in [0.15, 0.2) is 6.61 Å². The Hall–Kier alpha value is -2.08. The van der Waals surface area contributed by atoms with Gasteiger partial charge in [0, 0.05) is 13.5 Å². The molecule has 0 fully saturated rings. The highest BCUT2D eigenvalue weighted by molar-refractivity contribution is 5.77. The maximum atomic E-state index is 11.3. The van der Waals surface area contributed by atoms with Gasteiger partial charge in [-0.05, 0) is 18.6 Å². The standard InChI is InChI=1S/C13H18N2O4/c1-14-13(17)10-19-15-12(16)8-5-9-18-11-6-3-2-4-7-11/h2-4,6-7H,5,8-10H2,1H3,(H,14,17)(H,15,16). The Bertz CT molecular complexity index is 395. The first-order valence-electron chi connectivity index (χ1n) is 6.01. The van der Waals surface area contributed by atoms with E-state index in [1.165, 1.54) is 7.05 Å². The smallest absolute Gasteiger partial charge is 0.248 e. The molecule has 0 aliphatic carbocycles. The molecule has 0 heterocycles. The molecule has 2 N–H and O–H groups in total. The van der Waals surface area contributed by atoms with E-state index in [0.29, 0.717) is 13.0 Å². The van der Waals surface area contributed by atoms with Crippen molar-refractivity contribution < 1.29 is 19.2 Å². The van der Waals surface area contributed by atoms with Gasteiger partial charge in [0.2, 0.25) is 11.8 Å². The number of carbonyl (C=O) groups excluding carboxylic acids is 2. The fourth-order valence-corrected chi connectivity index (χ4v) is 1.24. The SMILES string of the molecule is CNC(=O)CONC(=O)CCCOc1ccccc1. The highest BCUT2D eigenvalue weighted by Crippen LogP contribution is 2.08. The van der Waals surface area contributed by atoms with Crippen molar-refractivity contribution in [3.05, 3.63) is 30.3 Å². The molecule has 0 unspecified atom stereocenters. The van der Waals surface area contributed by atoms with Gasteiger partial charge < -0.3 is 10.1 Å². The third-order valence-corrected chi connectivity index (χ3v) is 2.23. The number of likely N-dealkylation sites (N-methyl/N-ethyl adjacent to an activating group) is 1. The Morgan fingerprint density at radius 1 is 1.16 bits per heavy atom. The maximum absolute atomic E-state index is 11.3. The summed E-state index contributed by atoms with van der Waals surface area (Å²) < 4.78 is 5.43. The van der Waals surface area contributed by atoms with Crippen LogP contribution in [-0.4, -0.2) is 32.1 Å². The van der Waals surface area contributed by atoms with Crippen LogP contribution in [0.3, 0.4) is 0 Å². The van der Waals surface area contributed by atoms with Crippen molar-refractivity contribution in [2.45, 2.75) is 12.8 Å². The highest BCUT2D eigenvalue weighted by atomic mass is 16.7. The van der Waals surface area contributed by atoms with Crippen LogP contribution in [0.1, 0.15) is 12.8 Å². The molecular weight excluding hydrogens is 248 g/mol. The van der Waals surface area contributed by atoms with Crippen molar-refractivity contribution in [1.82, 2.24) is 10.8 Å². The second-order valence-electron chi connectivity index (χ2n) is 3.75. The molecule has 0 aliphatic heterocycles. The van der Waals surface area contributed by atoms with Crippen molar-refractivity contribution in [2.24, 2.45) is 0 Å². The molecule has 0 spiro atoms. The Balaban J connectivity index is 2.03. The number of hydrogen-bond donors (Lipinski definition) is 2. The normalized spacial score (nSPS) is 9.74. The van der Waals surface area contributed by atoms with Gasteiger partial charge >= 0.3 is 0 Å². The fourth-order valence-electron chi connectivity index (χ4n) is 1.24. The maximum Gasteiger partial charge on any atom is 0.248 e. The first-order chi connectivity index (χ1) is 9.22. The number of hydroxylamine groups is 1. The first kappa shape index (κ1) is 15.0. The molecule has 0 aliphatic rings. The summed E-state index contributed by atoms with van der Waals surface area (Å²) in [4.78, 5) is 26.8. The van der Waals surface area contributed by atoms with Gasteiger partial charge in [0.1, 0.15) is 5.75 Å². The van der Waals surface area contributed by atoms with Crippen LogP contribution in [0.15, 0.2) is 30.3 Å². The van der Waals surface area contributed by atoms with Crippen LogP contribution in [0.25, 0.3) is 0 Å². The molecule has 0 aromatic heterocycles. The number of nitrogens with one attached hydrogen (secondary N) is 2. The monoisotopic (exact) mass is 266 g/mol. The average Bonchev–Trinajstić information content (AvgIpc) is 2.44. The van der Waals surface area contributed by atoms with E-state index in [1.54, 1.807) is 0 Å². The third-order valence-electron chi connectivity index (χ3n) is 2.23. The molecular formula is C13H18N2O4. The second kappa shape index (κ2) is 8.93. The molecule has 6 heteroatoms. The van der Waals surface area contributed by atoms with Gasteiger partial charge in [0.05, 0.1) is 6.61 Å².